The molecule has 0 rings (SSSR count). The lowest BCUT2D eigenvalue weighted by Gasteiger charge is -2.04. The normalized spacial score (nSPS) is 9.79. The van der Waals surface area contributed by atoms with E-state index in [9.17, 15) is 9.59 Å². The summed E-state index contributed by atoms with van der Waals surface area (Å²) in [6.45, 7) is 2.40. The average molecular weight is 205 g/mol. The van der Waals surface area contributed by atoms with Crippen molar-refractivity contribution in [1.82, 2.24) is 5.32 Å². The van der Waals surface area contributed by atoms with Gasteiger partial charge in [-0.15, -0.1) is 0 Å². The molecule has 0 unspecified atom stereocenters. The molecule has 0 aromatic carbocycles. The van der Waals surface area contributed by atoms with E-state index in [-0.39, 0.29) is 32.3 Å². The van der Waals surface area contributed by atoms with Crippen molar-refractivity contribution in [2.75, 3.05) is 33.0 Å². The van der Waals surface area contributed by atoms with Crippen molar-refractivity contribution in [2.24, 2.45) is 0 Å². The van der Waals surface area contributed by atoms with E-state index in [0.29, 0.717) is 6.54 Å². The summed E-state index contributed by atoms with van der Waals surface area (Å²) in [4.78, 5) is 20.8. The SMILES string of the molecule is CCNC(=O)COCCOCC(=O)O. The molecule has 6 nitrogen and oxygen atoms in total. The molecule has 2 N–H and O–H groups in total. The Bertz CT molecular complexity index is 183. The molecule has 0 spiro atoms. The number of aliphatic carboxylic acids is 1. The summed E-state index contributed by atoms with van der Waals surface area (Å²) >= 11 is 0. The average Bonchev–Trinajstić information content (AvgIpc) is 2.11. The van der Waals surface area contributed by atoms with E-state index < -0.39 is 5.97 Å². The minimum Gasteiger partial charge on any atom is -0.480 e. The van der Waals surface area contributed by atoms with E-state index in [2.05, 4.69) is 10.1 Å². The molecule has 1 amide bonds. The fourth-order valence-corrected chi connectivity index (χ4v) is 0.690. The minimum absolute atomic E-state index is 0.0235. The molecular weight excluding hydrogens is 190 g/mol. The number of carboxylic acids is 1. The molecule has 0 fully saturated rings. The quantitative estimate of drug-likeness (QED) is 0.509. The van der Waals surface area contributed by atoms with Crippen molar-refractivity contribution in [3.05, 3.63) is 0 Å². The summed E-state index contributed by atoms with van der Waals surface area (Å²) in [5.41, 5.74) is 0. The first kappa shape index (κ1) is 12.9. The second-order valence-electron chi connectivity index (χ2n) is 2.45. The number of likely N-dealkylation sites (N-methyl/N-ethyl adjacent to an activating group) is 1. The summed E-state index contributed by atoms with van der Waals surface area (Å²) in [7, 11) is 0. The molecular formula is C8H15NO5. The Morgan fingerprint density at radius 1 is 1.21 bits per heavy atom. The Labute approximate surface area is 82.2 Å². The van der Waals surface area contributed by atoms with Crippen molar-refractivity contribution in [2.45, 2.75) is 6.92 Å². The maximum Gasteiger partial charge on any atom is 0.329 e. The van der Waals surface area contributed by atoms with E-state index in [1.807, 2.05) is 6.92 Å². The van der Waals surface area contributed by atoms with Crippen LogP contribution in [0.1, 0.15) is 6.92 Å². The standard InChI is InChI=1S/C8H15NO5/c1-2-9-7(10)5-13-3-4-14-6-8(11)12/h2-6H2,1H3,(H,9,10)(H,11,12). The fraction of sp³-hybridized carbons (Fsp3) is 0.750. The Balaban J connectivity index is 3.13. The van der Waals surface area contributed by atoms with E-state index in [0.717, 1.165) is 0 Å². The van der Waals surface area contributed by atoms with Crippen LogP contribution in [0, 0.1) is 0 Å². The van der Waals surface area contributed by atoms with Gasteiger partial charge in [0.1, 0.15) is 13.2 Å². The lowest BCUT2D eigenvalue weighted by atomic mass is 10.6. The zero-order chi connectivity index (χ0) is 10.8. The van der Waals surface area contributed by atoms with Gasteiger partial charge in [-0.3, -0.25) is 4.79 Å². The van der Waals surface area contributed by atoms with Crippen LogP contribution in [0.25, 0.3) is 0 Å². The molecule has 0 bridgehead atoms. The Morgan fingerprint density at radius 3 is 2.29 bits per heavy atom. The lowest BCUT2D eigenvalue weighted by molar-refractivity contribution is -0.143. The van der Waals surface area contributed by atoms with Crippen LogP contribution in [0.5, 0.6) is 0 Å². The smallest absolute Gasteiger partial charge is 0.329 e. The van der Waals surface area contributed by atoms with Crippen molar-refractivity contribution >= 4 is 11.9 Å². The van der Waals surface area contributed by atoms with E-state index >= 15 is 0 Å². The molecule has 82 valence electrons. The zero-order valence-electron chi connectivity index (χ0n) is 8.12. The first-order valence-corrected chi connectivity index (χ1v) is 4.30. The third-order valence-electron chi connectivity index (χ3n) is 1.20. The first-order chi connectivity index (χ1) is 6.66. The number of hydrogen-bond donors (Lipinski definition) is 2. The summed E-state index contributed by atoms with van der Waals surface area (Å²) < 4.78 is 9.58. The van der Waals surface area contributed by atoms with Gasteiger partial charge in [0.15, 0.2) is 0 Å². The maximum absolute atomic E-state index is 10.8. The van der Waals surface area contributed by atoms with E-state index in [4.69, 9.17) is 9.84 Å². The highest BCUT2D eigenvalue weighted by Crippen LogP contribution is 1.79. The number of nitrogens with one attached hydrogen (secondary N) is 1. The number of carboxylic acid groups (broad SMARTS) is 1. The third kappa shape index (κ3) is 8.95. The highest BCUT2D eigenvalue weighted by atomic mass is 16.5. The summed E-state index contributed by atoms with van der Waals surface area (Å²) in [6.07, 6.45) is 0. The molecule has 0 saturated heterocycles. The highest BCUT2D eigenvalue weighted by molar-refractivity contribution is 5.77. The second kappa shape index (κ2) is 8.46. The molecule has 0 atom stereocenters. The molecule has 0 radical (unpaired) electrons. The molecule has 0 aromatic rings. The van der Waals surface area contributed by atoms with Gasteiger partial charge in [-0.25, -0.2) is 4.79 Å². The number of carbonyl (C=O) groups is 2. The fourth-order valence-electron chi connectivity index (χ4n) is 0.690. The van der Waals surface area contributed by atoms with Crippen LogP contribution in [0.15, 0.2) is 0 Å². The molecule has 0 saturated carbocycles. The van der Waals surface area contributed by atoms with Crippen LogP contribution >= 0.6 is 0 Å². The third-order valence-corrected chi connectivity index (χ3v) is 1.20. The summed E-state index contributed by atoms with van der Waals surface area (Å²) in [6, 6.07) is 0. The van der Waals surface area contributed by atoms with Gasteiger partial charge in [-0.05, 0) is 6.92 Å². The molecule has 0 heterocycles. The summed E-state index contributed by atoms with van der Waals surface area (Å²) in [5.74, 6) is -1.21. The maximum atomic E-state index is 10.8. The predicted octanol–water partition coefficient (Wildman–Crippen LogP) is -0.760. The van der Waals surface area contributed by atoms with Gasteiger partial charge in [0, 0.05) is 6.54 Å². The molecule has 0 aliphatic rings. The van der Waals surface area contributed by atoms with E-state index in [1.54, 1.807) is 0 Å². The van der Waals surface area contributed by atoms with Gasteiger partial charge in [-0.2, -0.15) is 0 Å². The van der Waals surface area contributed by atoms with Crippen molar-refractivity contribution in [3.8, 4) is 0 Å². The molecule has 0 aliphatic heterocycles. The van der Waals surface area contributed by atoms with Crippen molar-refractivity contribution in [3.63, 3.8) is 0 Å². The van der Waals surface area contributed by atoms with Crippen LogP contribution in [-0.4, -0.2) is 50.0 Å². The lowest BCUT2D eigenvalue weighted by Crippen LogP contribution is -2.27. The first-order valence-electron chi connectivity index (χ1n) is 4.30. The van der Waals surface area contributed by atoms with Crippen LogP contribution in [0.4, 0.5) is 0 Å². The molecule has 0 aliphatic carbocycles. The topological polar surface area (TPSA) is 84.9 Å². The van der Waals surface area contributed by atoms with Crippen LogP contribution in [-0.2, 0) is 19.1 Å². The van der Waals surface area contributed by atoms with Gasteiger partial charge in [-0.1, -0.05) is 0 Å². The Hall–Kier alpha value is -1.14. The second-order valence-corrected chi connectivity index (χ2v) is 2.45. The van der Waals surface area contributed by atoms with Crippen LogP contribution < -0.4 is 5.32 Å². The van der Waals surface area contributed by atoms with Crippen LogP contribution in [0.3, 0.4) is 0 Å². The number of hydrogen-bond acceptors (Lipinski definition) is 4. The molecule has 6 heteroatoms. The van der Waals surface area contributed by atoms with Crippen molar-refractivity contribution < 1.29 is 24.2 Å². The van der Waals surface area contributed by atoms with Gasteiger partial charge in [0.2, 0.25) is 5.91 Å². The molecule has 14 heavy (non-hydrogen) atoms. The highest BCUT2D eigenvalue weighted by Gasteiger charge is 1.99. The van der Waals surface area contributed by atoms with Gasteiger partial charge >= 0.3 is 5.97 Å². The van der Waals surface area contributed by atoms with Crippen LogP contribution in [0.2, 0.25) is 0 Å². The number of amides is 1. The predicted molar refractivity (Wildman–Crippen MR) is 48.0 cm³/mol. The zero-order valence-corrected chi connectivity index (χ0v) is 8.12. The monoisotopic (exact) mass is 205 g/mol. The van der Waals surface area contributed by atoms with E-state index in [1.165, 1.54) is 0 Å². The van der Waals surface area contributed by atoms with Crippen molar-refractivity contribution in [1.29, 1.82) is 0 Å². The van der Waals surface area contributed by atoms with Gasteiger partial charge in [0.05, 0.1) is 13.2 Å². The largest absolute Gasteiger partial charge is 0.480 e. The molecule has 0 aromatic heterocycles. The number of carbonyl (C=O) groups excluding carboxylic acids is 1. The van der Waals surface area contributed by atoms with Gasteiger partial charge < -0.3 is 19.9 Å². The minimum atomic E-state index is -1.02. The number of rotatable bonds is 8. The number of ether oxygens (including phenoxy) is 2. The Kier molecular flexibility index (Phi) is 7.77. The summed E-state index contributed by atoms with van der Waals surface area (Å²) in [5, 5.41) is 10.8. The van der Waals surface area contributed by atoms with Gasteiger partial charge in [0.25, 0.3) is 0 Å². The Morgan fingerprint density at radius 2 is 1.79 bits per heavy atom.